The Balaban J connectivity index is 1.54. The maximum Gasteiger partial charge on any atom is 0.338 e. The van der Waals surface area contributed by atoms with Gasteiger partial charge in [-0.3, -0.25) is 19.6 Å². The number of thiazole rings is 1. The van der Waals surface area contributed by atoms with E-state index in [2.05, 4.69) is 15.3 Å². The fourth-order valence-corrected chi connectivity index (χ4v) is 6.65. The molecule has 4 atom stereocenters. The van der Waals surface area contributed by atoms with Crippen LogP contribution in [-0.4, -0.2) is 88.5 Å². The zero-order valence-electron chi connectivity index (χ0n) is 22.3. The van der Waals surface area contributed by atoms with Crippen molar-refractivity contribution in [3.05, 3.63) is 62.5 Å². The molecule has 0 saturated carbocycles. The smallest absolute Gasteiger partial charge is 0.338 e. The van der Waals surface area contributed by atoms with Crippen LogP contribution in [0.5, 0.6) is 0 Å². The van der Waals surface area contributed by atoms with E-state index in [1.165, 1.54) is 30.4 Å². The highest BCUT2D eigenvalue weighted by atomic mass is 35.5. The average Bonchev–Trinajstić information content (AvgIpc) is 3.65. The van der Waals surface area contributed by atoms with Crippen LogP contribution in [0, 0.1) is 11.7 Å². The SMILES string of the molecule is CCOC(=O)C1=C(CN2CC(F)(F)C3C2CCN3CC(C)C(=O)O)NC(c2nccs2)=NC1c1cccc(F)c1Cl. The van der Waals surface area contributed by atoms with Gasteiger partial charge in [0.05, 0.1) is 35.7 Å². The number of nitrogens with zero attached hydrogens (tertiary/aromatic N) is 4. The van der Waals surface area contributed by atoms with Gasteiger partial charge in [-0.1, -0.05) is 30.7 Å². The monoisotopic (exact) mass is 611 g/mol. The summed E-state index contributed by atoms with van der Waals surface area (Å²) >= 11 is 7.63. The van der Waals surface area contributed by atoms with Gasteiger partial charge in [0, 0.05) is 48.5 Å². The summed E-state index contributed by atoms with van der Waals surface area (Å²) in [6.07, 6.45) is 1.98. The van der Waals surface area contributed by atoms with E-state index in [-0.39, 0.29) is 41.6 Å². The molecule has 220 valence electrons. The number of esters is 1. The van der Waals surface area contributed by atoms with Crippen molar-refractivity contribution in [2.45, 2.75) is 44.3 Å². The average molecular weight is 612 g/mol. The summed E-state index contributed by atoms with van der Waals surface area (Å²) in [5.41, 5.74) is 0.547. The van der Waals surface area contributed by atoms with Crippen molar-refractivity contribution in [3.63, 3.8) is 0 Å². The van der Waals surface area contributed by atoms with E-state index in [0.717, 1.165) is 0 Å². The fraction of sp³-hybridized carbons (Fsp3) is 0.481. The molecular weight excluding hydrogens is 583 g/mol. The maximum absolute atomic E-state index is 15.5. The van der Waals surface area contributed by atoms with Crippen LogP contribution in [0.2, 0.25) is 5.02 Å². The first-order valence-electron chi connectivity index (χ1n) is 13.2. The third kappa shape index (κ3) is 5.72. The molecule has 0 bridgehead atoms. The highest BCUT2D eigenvalue weighted by Gasteiger charge is 2.59. The molecule has 2 fully saturated rings. The first-order valence-corrected chi connectivity index (χ1v) is 14.4. The summed E-state index contributed by atoms with van der Waals surface area (Å²) in [7, 11) is 0. The van der Waals surface area contributed by atoms with Crippen molar-refractivity contribution < 1.29 is 32.6 Å². The number of benzene rings is 1. The van der Waals surface area contributed by atoms with Gasteiger partial charge in [-0.25, -0.2) is 22.9 Å². The van der Waals surface area contributed by atoms with Gasteiger partial charge in [0.1, 0.15) is 11.9 Å². The maximum atomic E-state index is 15.5. The van der Waals surface area contributed by atoms with Gasteiger partial charge in [0.25, 0.3) is 5.92 Å². The summed E-state index contributed by atoms with van der Waals surface area (Å²) < 4.78 is 50.8. The minimum Gasteiger partial charge on any atom is -0.481 e. The molecule has 1 aromatic heterocycles. The molecule has 3 aliphatic heterocycles. The molecule has 0 aliphatic carbocycles. The van der Waals surface area contributed by atoms with Crippen molar-refractivity contribution in [3.8, 4) is 0 Å². The molecule has 0 amide bonds. The standard InChI is InChI=1S/C27H29ClF3N5O4S/c1-3-40-26(39)19-17(12-36-13-27(30,31)22-18(36)7-9-35(22)11-14(2)25(37)38)33-23(24-32-8-10-41-24)34-21(19)15-5-4-6-16(29)20(15)28/h4-6,8,10,14,18,21-22H,3,7,9,11-13H2,1-2H3,(H,33,34)(H,37,38). The second-order valence-corrected chi connectivity index (χ2v) is 11.6. The number of carboxylic acids is 1. The van der Waals surface area contributed by atoms with E-state index in [0.29, 0.717) is 23.8 Å². The molecule has 0 radical (unpaired) electrons. The van der Waals surface area contributed by atoms with E-state index in [1.54, 1.807) is 34.4 Å². The Bertz CT molecular complexity index is 1390. The quantitative estimate of drug-likeness (QED) is 0.411. The van der Waals surface area contributed by atoms with Crippen LogP contribution in [0.4, 0.5) is 13.2 Å². The van der Waals surface area contributed by atoms with Crippen LogP contribution in [-0.2, 0) is 14.3 Å². The number of amidine groups is 1. The number of carbonyl (C=O) groups excluding carboxylic acids is 1. The van der Waals surface area contributed by atoms with Crippen LogP contribution in [0.1, 0.15) is 36.9 Å². The largest absolute Gasteiger partial charge is 0.481 e. The number of aliphatic imine (C=N–C) groups is 1. The number of halogens is 4. The number of carboxylic acid groups (broad SMARTS) is 1. The van der Waals surface area contributed by atoms with E-state index in [4.69, 9.17) is 16.3 Å². The summed E-state index contributed by atoms with van der Waals surface area (Å²) in [6, 6.07) is 1.37. The molecule has 4 unspecified atom stereocenters. The number of ether oxygens (including phenoxy) is 1. The predicted octanol–water partition coefficient (Wildman–Crippen LogP) is 3.96. The van der Waals surface area contributed by atoms with Gasteiger partial charge in [-0.2, -0.15) is 0 Å². The number of hydrogen-bond donors (Lipinski definition) is 2. The van der Waals surface area contributed by atoms with Gasteiger partial charge >= 0.3 is 11.9 Å². The second kappa shape index (κ2) is 11.7. The van der Waals surface area contributed by atoms with Crippen LogP contribution < -0.4 is 5.32 Å². The van der Waals surface area contributed by atoms with Crippen molar-refractivity contribution in [2.75, 3.05) is 32.8 Å². The van der Waals surface area contributed by atoms with E-state index < -0.39 is 54.3 Å². The first-order chi connectivity index (χ1) is 19.5. The highest BCUT2D eigenvalue weighted by molar-refractivity contribution is 7.11. The summed E-state index contributed by atoms with van der Waals surface area (Å²) in [5.74, 6) is -6.09. The molecule has 1 aromatic carbocycles. The highest BCUT2D eigenvalue weighted by Crippen LogP contribution is 2.43. The number of rotatable bonds is 9. The second-order valence-electron chi connectivity index (χ2n) is 10.3. The molecule has 5 rings (SSSR count). The van der Waals surface area contributed by atoms with E-state index in [9.17, 15) is 19.1 Å². The summed E-state index contributed by atoms with van der Waals surface area (Å²) in [4.78, 5) is 36.9. The number of hydrogen-bond acceptors (Lipinski definition) is 9. The molecule has 9 nitrogen and oxygen atoms in total. The topological polar surface area (TPSA) is 107 Å². The molecule has 14 heteroatoms. The van der Waals surface area contributed by atoms with Crippen molar-refractivity contribution >= 4 is 40.7 Å². The van der Waals surface area contributed by atoms with Crippen molar-refractivity contribution in [2.24, 2.45) is 10.9 Å². The Kier molecular flexibility index (Phi) is 8.42. The number of likely N-dealkylation sites (tertiary alicyclic amines) is 2. The van der Waals surface area contributed by atoms with Crippen LogP contribution >= 0.6 is 22.9 Å². The Morgan fingerprint density at radius 1 is 1.34 bits per heavy atom. The lowest BCUT2D eigenvalue weighted by Crippen LogP contribution is -2.47. The molecule has 41 heavy (non-hydrogen) atoms. The normalized spacial score (nSPS) is 25.0. The molecular formula is C27H29ClF3N5O4S. The van der Waals surface area contributed by atoms with Crippen LogP contribution in [0.15, 0.2) is 46.0 Å². The lowest BCUT2D eigenvalue weighted by atomic mass is 9.95. The molecule has 4 heterocycles. The minimum absolute atomic E-state index is 0.00987. The fourth-order valence-electron chi connectivity index (χ4n) is 5.84. The van der Waals surface area contributed by atoms with Gasteiger partial charge in [0.2, 0.25) is 0 Å². The molecule has 2 N–H and O–H groups in total. The number of nitrogens with one attached hydrogen (secondary N) is 1. The third-order valence-corrected chi connectivity index (χ3v) is 8.79. The van der Waals surface area contributed by atoms with Crippen LogP contribution in [0.25, 0.3) is 0 Å². The van der Waals surface area contributed by atoms with E-state index >= 15 is 8.78 Å². The Labute approximate surface area is 243 Å². The third-order valence-electron chi connectivity index (χ3n) is 7.61. The molecule has 2 saturated heterocycles. The number of aliphatic carboxylic acids is 1. The number of alkyl halides is 2. The van der Waals surface area contributed by atoms with Gasteiger partial charge in [-0.05, 0) is 19.4 Å². The van der Waals surface area contributed by atoms with Gasteiger partial charge < -0.3 is 15.2 Å². The number of carbonyl (C=O) groups is 2. The molecule has 0 spiro atoms. The lowest BCUT2D eigenvalue weighted by molar-refractivity contribution is -0.142. The zero-order chi connectivity index (χ0) is 29.5. The van der Waals surface area contributed by atoms with E-state index in [1.807, 2.05) is 0 Å². The summed E-state index contributed by atoms with van der Waals surface area (Å²) in [6.45, 7) is 2.85. The van der Waals surface area contributed by atoms with Gasteiger partial charge in [-0.15, -0.1) is 11.3 Å². The predicted molar refractivity (Wildman–Crippen MR) is 147 cm³/mol. The number of fused-ring (bicyclic) bond motifs is 1. The van der Waals surface area contributed by atoms with Crippen molar-refractivity contribution in [1.82, 2.24) is 20.1 Å². The van der Waals surface area contributed by atoms with Gasteiger partial charge in [0.15, 0.2) is 10.8 Å². The number of aromatic nitrogens is 1. The lowest BCUT2D eigenvalue weighted by Gasteiger charge is -2.31. The van der Waals surface area contributed by atoms with Crippen molar-refractivity contribution in [1.29, 1.82) is 0 Å². The van der Waals surface area contributed by atoms with Crippen LogP contribution in [0.3, 0.4) is 0 Å². The Hall–Kier alpha value is -3.00. The summed E-state index contributed by atoms with van der Waals surface area (Å²) in [5, 5.41) is 14.5. The Morgan fingerprint density at radius 3 is 2.80 bits per heavy atom. The zero-order valence-corrected chi connectivity index (χ0v) is 23.9. The first kappa shape index (κ1) is 29.5. The Morgan fingerprint density at radius 2 is 2.12 bits per heavy atom. The molecule has 3 aliphatic rings. The minimum atomic E-state index is -3.11. The molecule has 2 aromatic rings.